The summed E-state index contributed by atoms with van der Waals surface area (Å²) in [7, 11) is 0. The molecule has 0 bridgehead atoms. The second-order valence-corrected chi connectivity index (χ2v) is 7.92. The number of rotatable bonds is 12. The molecule has 0 amide bonds. The third kappa shape index (κ3) is 7.55. The first-order chi connectivity index (χ1) is 14.5. The SMILES string of the molecule is CCCCCCCCOc1ccc(-c2ccc(C(=O)O[C@@H](C#N)C(C)C)cc2)cc1. The molecule has 0 fully saturated rings. The number of nitriles is 1. The predicted octanol–water partition coefficient (Wildman–Crippen LogP) is 6.80. The summed E-state index contributed by atoms with van der Waals surface area (Å²) in [5, 5.41) is 9.08. The van der Waals surface area contributed by atoms with Gasteiger partial charge in [0.25, 0.3) is 0 Å². The average molecular weight is 408 g/mol. The van der Waals surface area contributed by atoms with Gasteiger partial charge < -0.3 is 9.47 Å². The van der Waals surface area contributed by atoms with E-state index in [0.717, 1.165) is 29.9 Å². The third-order valence-electron chi connectivity index (χ3n) is 5.04. The van der Waals surface area contributed by atoms with Gasteiger partial charge in [0.05, 0.1) is 12.2 Å². The highest BCUT2D eigenvalue weighted by atomic mass is 16.5. The fraction of sp³-hybridized carbons (Fsp3) is 0.462. The smallest absolute Gasteiger partial charge is 0.339 e. The van der Waals surface area contributed by atoms with E-state index >= 15 is 0 Å². The molecule has 0 aliphatic rings. The van der Waals surface area contributed by atoms with E-state index in [-0.39, 0.29) is 5.92 Å². The number of hydrogen-bond donors (Lipinski definition) is 0. The summed E-state index contributed by atoms with van der Waals surface area (Å²) in [6, 6.07) is 17.3. The Labute approximate surface area is 180 Å². The number of carbonyl (C=O) groups excluding carboxylic acids is 1. The van der Waals surface area contributed by atoms with E-state index in [1.807, 2.05) is 56.3 Å². The van der Waals surface area contributed by atoms with Crippen LogP contribution in [0.15, 0.2) is 48.5 Å². The van der Waals surface area contributed by atoms with E-state index < -0.39 is 12.1 Å². The topological polar surface area (TPSA) is 59.3 Å². The molecule has 0 saturated heterocycles. The Bertz CT molecular complexity index is 804. The molecule has 1 atom stereocenters. The zero-order valence-electron chi connectivity index (χ0n) is 18.4. The Hall–Kier alpha value is -2.80. The maximum Gasteiger partial charge on any atom is 0.339 e. The van der Waals surface area contributed by atoms with Crippen LogP contribution in [-0.4, -0.2) is 18.7 Å². The number of ether oxygens (including phenoxy) is 2. The Kier molecular flexibility index (Phi) is 9.94. The summed E-state index contributed by atoms with van der Waals surface area (Å²) in [5.74, 6) is 0.365. The first-order valence-electron chi connectivity index (χ1n) is 11.0. The van der Waals surface area contributed by atoms with E-state index in [2.05, 4.69) is 6.92 Å². The fourth-order valence-corrected chi connectivity index (χ4v) is 3.11. The van der Waals surface area contributed by atoms with Crippen molar-refractivity contribution in [1.29, 1.82) is 5.26 Å². The second kappa shape index (κ2) is 12.7. The van der Waals surface area contributed by atoms with Gasteiger partial charge in [-0.3, -0.25) is 0 Å². The number of carbonyl (C=O) groups is 1. The van der Waals surface area contributed by atoms with Crippen molar-refractivity contribution in [2.24, 2.45) is 5.92 Å². The standard InChI is InChI=1S/C26H33NO3/c1-4-5-6-7-8-9-18-29-24-16-14-22(15-17-24)21-10-12-23(13-11-21)26(28)30-25(19-27)20(2)3/h10-17,20,25H,4-9,18H2,1-3H3/t25-/m0/s1. The van der Waals surface area contributed by atoms with Gasteiger partial charge in [0.1, 0.15) is 11.8 Å². The van der Waals surface area contributed by atoms with Gasteiger partial charge in [-0.25, -0.2) is 4.79 Å². The van der Waals surface area contributed by atoms with Gasteiger partial charge in [0.2, 0.25) is 0 Å². The van der Waals surface area contributed by atoms with Gasteiger partial charge in [-0.15, -0.1) is 0 Å². The molecule has 0 radical (unpaired) electrons. The van der Waals surface area contributed by atoms with Crippen molar-refractivity contribution in [3.63, 3.8) is 0 Å². The van der Waals surface area contributed by atoms with Gasteiger partial charge in [-0.05, 0) is 41.8 Å². The maximum atomic E-state index is 12.2. The zero-order valence-corrected chi connectivity index (χ0v) is 18.4. The summed E-state index contributed by atoms with van der Waals surface area (Å²) in [5.41, 5.74) is 2.51. The second-order valence-electron chi connectivity index (χ2n) is 7.92. The van der Waals surface area contributed by atoms with Crippen LogP contribution in [-0.2, 0) is 4.74 Å². The molecule has 2 aromatic carbocycles. The number of nitrogens with zero attached hydrogens (tertiary/aromatic N) is 1. The molecule has 30 heavy (non-hydrogen) atoms. The molecule has 2 rings (SSSR count). The van der Waals surface area contributed by atoms with Gasteiger partial charge in [0, 0.05) is 5.92 Å². The molecule has 0 saturated carbocycles. The monoisotopic (exact) mass is 407 g/mol. The van der Waals surface area contributed by atoms with Crippen molar-refractivity contribution < 1.29 is 14.3 Å². The molecular weight excluding hydrogens is 374 g/mol. The summed E-state index contributed by atoms with van der Waals surface area (Å²) in [4.78, 5) is 12.2. The third-order valence-corrected chi connectivity index (χ3v) is 5.04. The minimum absolute atomic E-state index is 0.0417. The fourth-order valence-electron chi connectivity index (χ4n) is 3.11. The van der Waals surface area contributed by atoms with Crippen LogP contribution in [0.4, 0.5) is 0 Å². The largest absolute Gasteiger partial charge is 0.494 e. The first kappa shape index (κ1) is 23.5. The summed E-state index contributed by atoms with van der Waals surface area (Å²) < 4.78 is 11.1. The molecule has 4 nitrogen and oxygen atoms in total. The molecule has 0 heterocycles. The van der Waals surface area contributed by atoms with E-state index in [1.54, 1.807) is 12.1 Å². The number of unbranched alkanes of at least 4 members (excludes halogenated alkanes) is 5. The van der Waals surface area contributed by atoms with Gasteiger partial charge in [-0.2, -0.15) is 5.26 Å². The highest BCUT2D eigenvalue weighted by Crippen LogP contribution is 2.23. The average Bonchev–Trinajstić information content (AvgIpc) is 2.77. The molecule has 2 aromatic rings. The number of hydrogen-bond acceptors (Lipinski definition) is 4. The van der Waals surface area contributed by atoms with Crippen LogP contribution in [0.25, 0.3) is 11.1 Å². The van der Waals surface area contributed by atoms with E-state index in [1.165, 1.54) is 32.1 Å². The molecule has 0 N–H and O–H groups in total. The Balaban J connectivity index is 1.85. The summed E-state index contributed by atoms with van der Waals surface area (Å²) >= 11 is 0. The van der Waals surface area contributed by atoms with Gasteiger partial charge >= 0.3 is 5.97 Å². The van der Waals surface area contributed by atoms with Gasteiger partial charge in [-0.1, -0.05) is 77.1 Å². The van der Waals surface area contributed by atoms with Gasteiger partial charge in [0.15, 0.2) is 6.10 Å². The minimum Gasteiger partial charge on any atom is -0.494 e. The van der Waals surface area contributed by atoms with Crippen LogP contribution in [0.2, 0.25) is 0 Å². The van der Waals surface area contributed by atoms with Crippen LogP contribution in [0.5, 0.6) is 5.75 Å². The molecule has 160 valence electrons. The van der Waals surface area contributed by atoms with Crippen molar-refractivity contribution in [2.75, 3.05) is 6.61 Å². The van der Waals surface area contributed by atoms with Crippen molar-refractivity contribution in [1.82, 2.24) is 0 Å². The molecule has 4 heteroatoms. The highest BCUT2D eigenvalue weighted by molar-refractivity contribution is 5.90. The summed E-state index contributed by atoms with van der Waals surface area (Å²) in [6.07, 6.45) is 6.78. The van der Waals surface area contributed by atoms with E-state index in [4.69, 9.17) is 14.7 Å². The molecule has 0 spiro atoms. The van der Waals surface area contributed by atoms with Crippen LogP contribution >= 0.6 is 0 Å². The van der Waals surface area contributed by atoms with Crippen LogP contribution in [0, 0.1) is 17.2 Å². The van der Waals surface area contributed by atoms with Crippen LogP contribution in [0.1, 0.15) is 69.7 Å². The maximum absolute atomic E-state index is 12.2. The molecule has 0 unspecified atom stereocenters. The number of benzene rings is 2. The van der Waals surface area contributed by atoms with Crippen molar-refractivity contribution >= 4 is 5.97 Å². The van der Waals surface area contributed by atoms with Crippen LogP contribution in [0.3, 0.4) is 0 Å². The Morgan fingerprint density at radius 3 is 2.03 bits per heavy atom. The van der Waals surface area contributed by atoms with Crippen molar-refractivity contribution in [2.45, 2.75) is 65.4 Å². The predicted molar refractivity (Wildman–Crippen MR) is 120 cm³/mol. The van der Waals surface area contributed by atoms with E-state index in [0.29, 0.717) is 5.56 Å². The lowest BCUT2D eigenvalue weighted by atomic mass is 10.0. The quantitative estimate of drug-likeness (QED) is 0.287. The lowest BCUT2D eigenvalue weighted by Gasteiger charge is -2.14. The number of esters is 1. The lowest BCUT2D eigenvalue weighted by Crippen LogP contribution is -2.21. The van der Waals surface area contributed by atoms with E-state index in [9.17, 15) is 4.79 Å². The molecule has 0 aromatic heterocycles. The van der Waals surface area contributed by atoms with Crippen molar-refractivity contribution in [3.8, 4) is 22.9 Å². The molecule has 0 aliphatic heterocycles. The highest BCUT2D eigenvalue weighted by Gasteiger charge is 2.18. The Morgan fingerprint density at radius 1 is 0.900 bits per heavy atom. The molecule has 0 aliphatic carbocycles. The normalized spacial score (nSPS) is 11.7. The first-order valence-corrected chi connectivity index (χ1v) is 11.0. The summed E-state index contributed by atoms with van der Waals surface area (Å²) in [6.45, 7) is 6.69. The minimum atomic E-state index is -0.735. The lowest BCUT2D eigenvalue weighted by molar-refractivity contribution is 0.0325. The molecular formula is C26H33NO3. The van der Waals surface area contributed by atoms with Crippen LogP contribution < -0.4 is 4.74 Å². The zero-order chi connectivity index (χ0) is 21.8. The Morgan fingerprint density at radius 2 is 1.47 bits per heavy atom. The van der Waals surface area contributed by atoms with Crippen molar-refractivity contribution in [3.05, 3.63) is 54.1 Å².